The first kappa shape index (κ1) is 14.4. The Morgan fingerprint density at radius 2 is 2.29 bits per heavy atom. The van der Waals surface area contributed by atoms with Crippen LogP contribution in [0, 0.1) is 0 Å². The lowest BCUT2D eigenvalue weighted by Crippen LogP contribution is -2.32. The third kappa shape index (κ3) is 4.59. The van der Waals surface area contributed by atoms with Crippen LogP contribution in [-0.2, 0) is 14.8 Å². The van der Waals surface area contributed by atoms with Crippen LogP contribution < -0.4 is 4.72 Å². The van der Waals surface area contributed by atoms with E-state index in [1.165, 1.54) is 18.3 Å². The van der Waals surface area contributed by atoms with Crippen molar-refractivity contribution in [1.82, 2.24) is 9.71 Å². The fourth-order valence-electron chi connectivity index (χ4n) is 1.21. The third-order valence-corrected chi connectivity index (χ3v) is 3.65. The van der Waals surface area contributed by atoms with Gasteiger partial charge in [-0.25, -0.2) is 18.1 Å². The van der Waals surface area contributed by atoms with Gasteiger partial charge in [-0.15, -0.1) is 0 Å². The minimum atomic E-state index is -3.55. The van der Waals surface area contributed by atoms with E-state index < -0.39 is 10.0 Å². The molecule has 1 aromatic heterocycles. The van der Waals surface area contributed by atoms with Gasteiger partial charge in [-0.1, -0.05) is 11.6 Å². The molecule has 1 N–H and O–H groups in total. The molecule has 1 aromatic rings. The number of pyridine rings is 1. The lowest BCUT2D eigenvalue weighted by atomic mass is 10.4. The SMILES string of the molecule is CCOC(C)CNS(=O)(=O)c1ccnc(Cl)c1. The van der Waals surface area contributed by atoms with Crippen molar-refractivity contribution in [3.05, 3.63) is 23.5 Å². The van der Waals surface area contributed by atoms with Crippen LogP contribution in [0.15, 0.2) is 23.2 Å². The highest BCUT2D eigenvalue weighted by molar-refractivity contribution is 7.89. The second-order valence-corrected chi connectivity index (χ2v) is 5.59. The van der Waals surface area contributed by atoms with E-state index in [1.54, 1.807) is 6.92 Å². The quantitative estimate of drug-likeness (QED) is 0.800. The zero-order valence-corrected chi connectivity index (χ0v) is 11.3. The summed E-state index contributed by atoms with van der Waals surface area (Å²) in [6.07, 6.45) is 1.18. The summed E-state index contributed by atoms with van der Waals surface area (Å²) in [5.74, 6) is 0. The van der Waals surface area contributed by atoms with Crippen LogP contribution in [0.2, 0.25) is 5.15 Å². The van der Waals surface area contributed by atoms with Gasteiger partial charge in [0.1, 0.15) is 5.15 Å². The maximum atomic E-state index is 11.8. The van der Waals surface area contributed by atoms with Gasteiger partial charge in [0.15, 0.2) is 0 Å². The Labute approximate surface area is 106 Å². The highest BCUT2D eigenvalue weighted by Gasteiger charge is 2.15. The van der Waals surface area contributed by atoms with Crippen LogP contribution in [0.5, 0.6) is 0 Å². The highest BCUT2D eigenvalue weighted by atomic mass is 35.5. The van der Waals surface area contributed by atoms with E-state index in [9.17, 15) is 8.42 Å². The van der Waals surface area contributed by atoms with Gasteiger partial charge in [-0.05, 0) is 26.0 Å². The Bertz CT molecular complexity index is 464. The van der Waals surface area contributed by atoms with Crippen LogP contribution >= 0.6 is 11.6 Å². The molecule has 0 saturated heterocycles. The van der Waals surface area contributed by atoms with Crippen molar-refractivity contribution in [2.75, 3.05) is 13.2 Å². The second-order valence-electron chi connectivity index (χ2n) is 3.43. The van der Waals surface area contributed by atoms with E-state index in [0.717, 1.165) is 0 Å². The Balaban J connectivity index is 2.69. The average Bonchev–Trinajstić information content (AvgIpc) is 2.27. The van der Waals surface area contributed by atoms with Gasteiger partial charge in [-0.3, -0.25) is 0 Å². The average molecular weight is 279 g/mol. The summed E-state index contributed by atoms with van der Waals surface area (Å²) in [7, 11) is -3.55. The van der Waals surface area contributed by atoms with Gasteiger partial charge in [0.25, 0.3) is 0 Å². The van der Waals surface area contributed by atoms with Crippen molar-refractivity contribution in [3.8, 4) is 0 Å². The summed E-state index contributed by atoms with van der Waals surface area (Å²) in [6, 6.07) is 2.69. The molecule has 0 radical (unpaired) electrons. The van der Waals surface area contributed by atoms with E-state index in [2.05, 4.69) is 9.71 Å². The van der Waals surface area contributed by atoms with Gasteiger partial charge in [-0.2, -0.15) is 0 Å². The Morgan fingerprint density at radius 1 is 1.59 bits per heavy atom. The summed E-state index contributed by atoms with van der Waals surface area (Å²) in [5.41, 5.74) is 0. The molecule has 0 aliphatic rings. The molecule has 0 aliphatic heterocycles. The zero-order chi connectivity index (χ0) is 12.9. The first-order chi connectivity index (χ1) is 7.95. The number of sulfonamides is 1. The molecule has 1 atom stereocenters. The van der Waals surface area contributed by atoms with Crippen LogP contribution in [0.25, 0.3) is 0 Å². The monoisotopic (exact) mass is 278 g/mol. The smallest absolute Gasteiger partial charge is 0.240 e. The van der Waals surface area contributed by atoms with E-state index in [1.807, 2.05) is 6.92 Å². The molecular formula is C10H15ClN2O3S. The first-order valence-electron chi connectivity index (χ1n) is 5.18. The van der Waals surface area contributed by atoms with E-state index in [-0.39, 0.29) is 22.7 Å². The number of nitrogens with one attached hydrogen (secondary N) is 1. The number of ether oxygens (including phenoxy) is 1. The fourth-order valence-corrected chi connectivity index (χ4v) is 2.57. The summed E-state index contributed by atoms with van der Waals surface area (Å²) >= 11 is 5.64. The number of halogens is 1. The van der Waals surface area contributed by atoms with E-state index in [4.69, 9.17) is 16.3 Å². The molecule has 0 fully saturated rings. The predicted octanol–water partition coefficient (Wildman–Crippen LogP) is 1.44. The van der Waals surface area contributed by atoms with Crippen LogP contribution in [-0.4, -0.2) is 32.7 Å². The summed E-state index contributed by atoms with van der Waals surface area (Å²) < 4.78 is 31.4. The Kier molecular flexibility index (Phi) is 5.32. The van der Waals surface area contributed by atoms with E-state index in [0.29, 0.717) is 6.61 Å². The molecule has 0 bridgehead atoms. The third-order valence-electron chi connectivity index (χ3n) is 2.02. The van der Waals surface area contributed by atoms with Crippen molar-refractivity contribution < 1.29 is 13.2 Å². The van der Waals surface area contributed by atoms with Crippen molar-refractivity contribution in [1.29, 1.82) is 0 Å². The minimum absolute atomic E-state index is 0.0983. The minimum Gasteiger partial charge on any atom is -0.377 e. The largest absolute Gasteiger partial charge is 0.377 e. The van der Waals surface area contributed by atoms with Gasteiger partial charge in [0.05, 0.1) is 11.0 Å². The molecule has 0 saturated carbocycles. The predicted molar refractivity (Wildman–Crippen MR) is 65.5 cm³/mol. The highest BCUT2D eigenvalue weighted by Crippen LogP contribution is 2.12. The molecule has 0 aliphatic carbocycles. The lowest BCUT2D eigenvalue weighted by molar-refractivity contribution is 0.0799. The molecular weight excluding hydrogens is 264 g/mol. The first-order valence-corrected chi connectivity index (χ1v) is 7.04. The van der Waals surface area contributed by atoms with Gasteiger partial charge in [0, 0.05) is 19.3 Å². The van der Waals surface area contributed by atoms with Crippen molar-refractivity contribution in [2.45, 2.75) is 24.8 Å². The Morgan fingerprint density at radius 3 is 2.88 bits per heavy atom. The second kappa shape index (κ2) is 6.30. The number of aromatic nitrogens is 1. The summed E-state index contributed by atoms with van der Waals surface area (Å²) in [4.78, 5) is 3.82. The molecule has 5 nitrogen and oxygen atoms in total. The summed E-state index contributed by atoms with van der Waals surface area (Å²) in [5, 5.41) is 0.144. The van der Waals surface area contributed by atoms with Crippen LogP contribution in [0.3, 0.4) is 0 Å². The lowest BCUT2D eigenvalue weighted by Gasteiger charge is -2.12. The molecule has 1 heterocycles. The van der Waals surface area contributed by atoms with Crippen molar-refractivity contribution in [3.63, 3.8) is 0 Å². The van der Waals surface area contributed by atoms with Gasteiger partial charge >= 0.3 is 0 Å². The summed E-state index contributed by atoms with van der Waals surface area (Å²) in [6.45, 7) is 4.42. The number of hydrogen-bond acceptors (Lipinski definition) is 4. The maximum absolute atomic E-state index is 11.8. The number of rotatable bonds is 6. The molecule has 7 heteroatoms. The fraction of sp³-hybridized carbons (Fsp3) is 0.500. The molecule has 1 unspecified atom stereocenters. The van der Waals surface area contributed by atoms with Crippen LogP contribution in [0.1, 0.15) is 13.8 Å². The normalized spacial score (nSPS) is 13.6. The van der Waals surface area contributed by atoms with E-state index >= 15 is 0 Å². The molecule has 0 amide bonds. The van der Waals surface area contributed by atoms with Gasteiger partial charge < -0.3 is 4.74 Å². The standard InChI is InChI=1S/C10H15ClN2O3S/c1-3-16-8(2)7-13-17(14,15)9-4-5-12-10(11)6-9/h4-6,8,13H,3,7H2,1-2H3. The molecule has 0 aromatic carbocycles. The topological polar surface area (TPSA) is 68.3 Å². The number of hydrogen-bond donors (Lipinski definition) is 1. The molecule has 1 rings (SSSR count). The van der Waals surface area contributed by atoms with Crippen molar-refractivity contribution >= 4 is 21.6 Å². The van der Waals surface area contributed by atoms with Crippen LogP contribution in [0.4, 0.5) is 0 Å². The van der Waals surface area contributed by atoms with Crippen molar-refractivity contribution in [2.24, 2.45) is 0 Å². The maximum Gasteiger partial charge on any atom is 0.240 e. The van der Waals surface area contributed by atoms with Gasteiger partial charge in [0.2, 0.25) is 10.0 Å². The zero-order valence-electron chi connectivity index (χ0n) is 9.68. The molecule has 0 spiro atoms. The molecule has 96 valence electrons. The number of nitrogens with zero attached hydrogens (tertiary/aromatic N) is 1. The molecule has 17 heavy (non-hydrogen) atoms. The Hall–Kier alpha value is -0.690.